The summed E-state index contributed by atoms with van der Waals surface area (Å²) in [6, 6.07) is 2.07. The molecule has 4 nitrogen and oxygen atoms in total. The molecule has 112 valence electrons. The van der Waals surface area contributed by atoms with Crippen LogP contribution in [0.1, 0.15) is 26.7 Å². The van der Waals surface area contributed by atoms with Crippen molar-refractivity contribution in [2.75, 3.05) is 12.3 Å². The van der Waals surface area contributed by atoms with Gasteiger partial charge in [-0.25, -0.2) is 12.8 Å². The van der Waals surface area contributed by atoms with Gasteiger partial charge < -0.3 is 5.73 Å². The summed E-state index contributed by atoms with van der Waals surface area (Å²) in [4.78, 5) is -0.120. The summed E-state index contributed by atoms with van der Waals surface area (Å²) in [5, 5.41) is -0.133. The quantitative estimate of drug-likeness (QED) is 0.848. The molecule has 0 spiro atoms. The van der Waals surface area contributed by atoms with E-state index in [1.54, 1.807) is 0 Å². The number of hydrogen-bond acceptors (Lipinski definition) is 3. The number of anilines is 1. The van der Waals surface area contributed by atoms with E-state index in [1.807, 2.05) is 13.8 Å². The minimum Gasteiger partial charge on any atom is -0.396 e. The van der Waals surface area contributed by atoms with E-state index in [4.69, 9.17) is 17.3 Å². The van der Waals surface area contributed by atoms with Crippen LogP contribution in [0.15, 0.2) is 17.0 Å². The van der Waals surface area contributed by atoms with Crippen LogP contribution in [0.25, 0.3) is 0 Å². The largest absolute Gasteiger partial charge is 0.396 e. The van der Waals surface area contributed by atoms with Crippen LogP contribution in [0.5, 0.6) is 0 Å². The van der Waals surface area contributed by atoms with E-state index < -0.39 is 15.8 Å². The second-order valence-electron chi connectivity index (χ2n) is 5.50. The molecule has 7 heteroatoms. The molecule has 0 aromatic heterocycles. The molecule has 1 aliphatic rings. The predicted octanol–water partition coefficient (Wildman–Crippen LogP) is 2.87. The molecule has 0 heterocycles. The molecule has 1 aromatic carbocycles. The number of nitrogen functional groups attached to an aromatic ring is 1. The molecular weight excluding hydrogens is 303 g/mol. The maximum atomic E-state index is 13.3. The van der Waals surface area contributed by atoms with Gasteiger partial charge in [0.15, 0.2) is 0 Å². The predicted molar refractivity (Wildman–Crippen MR) is 77.6 cm³/mol. The monoisotopic (exact) mass is 320 g/mol. The summed E-state index contributed by atoms with van der Waals surface area (Å²) < 4.78 is 40.2. The molecule has 2 N–H and O–H groups in total. The summed E-state index contributed by atoms with van der Waals surface area (Å²) in [5.74, 6) is -0.516. The Kier molecular flexibility index (Phi) is 4.27. The van der Waals surface area contributed by atoms with Gasteiger partial charge in [-0.2, -0.15) is 4.31 Å². The maximum Gasteiger partial charge on any atom is 0.244 e. The Bertz CT molecular complexity index is 615. The smallest absolute Gasteiger partial charge is 0.244 e. The van der Waals surface area contributed by atoms with Crippen LogP contribution in [0.2, 0.25) is 5.02 Å². The average molecular weight is 321 g/mol. The highest BCUT2D eigenvalue weighted by molar-refractivity contribution is 7.89. The van der Waals surface area contributed by atoms with Crippen molar-refractivity contribution < 1.29 is 12.8 Å². The first kappa shape index (κ1) is 15.5. The van der Waals surface area contributed by atoms with E-state index in [0.29, 0.717) is 6.54 Å². The fraction of sp³-hybridized carbons (Fsp3) is 0.538. The summed E-state index contributed by atoms with van der Waals surface area (Å²) >= 11 is 5.89. The zero-order chi connectivity index (χ0) is 15.1. The van der Waals surface area contributed by atoms with Crippen LogP contribution in [0.3, 0.4) is 0 Å². The molecule has 0 bridgehead atoms. The minimum atomic E-state index is -3.75. The van der Waals surface area contributed by atoms with Crippen molar-refractivity contribution in [2.45, 2.75) is 37.6 Å². The Labute approximate surface area is 123 Å². The highest BCUT2D eigenvalue weighted by Gasteiger charge is 2.39. The zero-order valence-electron chi connectivity index (χ0n) is 11.4. The standard InChI is InChI=1S/C13H18ClFN2O2S/c1-8(2)7-17(9-3-4-9)20(18,19)13-6-12(16)11(15)5-10(13)14/h5-6,8-9H,3-4,7,16H2,1-2H3. The molecule has 1 aromatic rings. The molecular formula is C13H18ClFN2O2S. The fourth-order valence-electron chi connectivity index (χ4n) is 2.03. The second kappa shape index (κ2) is 5.50. The van der Waals surface area contributed by atoms with Crippen molar-refractivity contribution in [3.8, 4) is 0 Å². The molecule has 0 aliphatic heterocycles. The van der Waals surface area contributed by atoms with E-state index in [0.717, 1.165) is 25.0 Å². The van der Waals surface area contributed by atoms with E-state index >= 15 is 0 Å². The lowest BCUT2D eigenvalue weighted by Gasteiger charge is -2.24. The second-order valence-corrected chi connectivity index (χ2v) is 7.77. The molecule has 0 saturated heterocycles. The molecule has 1 fully saturated rings. The van der Waals surface area contributed by atoms with Crippen molar-refractivity contribution >= 4 is 27.3 Å². The van der Waals surface area contributed by atoms with Gasteiger partial charge in [-0.1, -0.05) is 25.4 Å². The highest BCUT2D eigenvalue weighted by atomic mass is 35.5. The Morgan fingerprint density at radius 3 is 2.55 bits per heavy atom. The Morgan fingerprint density at radius 2 is 2.05 bits per heavy atom. The van der Waals surface area contributed by atoms with Gasteiger partial charge in [0.1, 0.15) is 10.7 Å². The topological polar surface area (TPSA) is 63.4 Å². The van der Waals surface area contributed by atoms with Crippen LogP contribution in [-0.2, 0) is 10.0 Å². The maximum absolute atomic E-state index is 13.3. The number of rotatable bonds is 5. The summed E-state index contributed by atoms with van der Waals surface area (Å²) in [6.45, 7) is 4.32. The first-order chi connectivity index (χ1) is 9.23. The van der Waals surface area contributed by atoms with Gasteiger partial charge >= 0.3 is 0 Å². The van der Waals surface area contributed by atoms with Crippen molar-refractivity contribution in [3.05, 3.63) is 23.0 Å². The van der Waals surface area contributed by atoms with Crippen LogP contribution >= 0.6 is 11.6 Å². The Balaban J connectivity index is 2.45. The van der Waals surface area contributed by atoms with E-state index in [9.17, 15) is 12.8 Å². The first-order valence-corrected chi connectivity index (χ1v) is 8.31. The Morgan fingerprint density at radius 1 is 1.45 bits per heavy atom. The summed E-state index contributed by atoms with van der Waals surface area (Å²) in [5.41, 5.74) is 5.25. The van der Waals surface area contributed by atoms with E-state index in [2.05, 4.69) is 0 Å². The van der Waals surface area contributed by atoms with Crippen LogP contribution in [0, 0.1) is 11.7 Å². The molecule has 1 saturated carbocycles. The SMILES string of the molecule is CC(C)CN(C1CC1)S(=O)(=O)c1cc(N)c(F)cc1Cl. The number of sulfonamides is 1. The number of halogens is 2. The van der Waals surface area contributed by atoms with Gasteiger partial charge in [0.05, 0.1) is 10.7 Å². The van der Waals surface area contributed by atoms with E-state index in [-0.39, 0.29) is 27.6 Å². The molecule has 2 rings (SSSR count). The number of nitrogens with zero attached hydrogens (tertiary/aromatic N) is 1. The molecule has 0 unspecified atom stereocenters. The van der Waals surface area contributed by atoms with Gasteiger partial charge in [-0.05, 0) is 30.9 Å². The normalized spacial score (nSPS) is 16.1. The third kappa shape index (κ3) is 3.07. The van der Waals surface area contributed by atoms with Crippen molar-refractivity contribution in [1.29, 1.82) is 0 Å². The van der Waals surface area contributed by atoms with Crippen LogP contribution in [0.4, 0.5) is 10.1 Å². The van der Waals surface area contributed by atoms with Crippen molar-refractivity contribution in [1.82, 2.24) is 4.31 Å². The summed E-state index contributed by atoms with van der Waals surface area (Å²) in [6.07, 6.45) is 1.69. The van der Waals surface area contributed by atoms with E-state index in [1.165, 1.54) is 4.31 Å². The van der Waals surface area contributed by atoms with Gasteiger partial charge in [0, 0.05) is 12.6 Å². The Hall–Kier alpha value is -0.850. The van der Waals surface area contributed by atoms with Crippen LogP contribution in [-0.4, -0.2) is 25.3 Å². The highest BCUT2D eigenvalue weighted by Crippen LogP contribution is 2.36. The molecule has 0 radical (unpaired) electrons. The molecule has 0 amide bonds. The number of nitrogens with two attached hydrogens (primary N) is 1. The first-order valence-electron chi connectivity index (χ1n) is 6.50. The molecule has 1 aliphatic carbocycles. The van der Waals surface area contributed by atoms with Gasteiger partial charge in [-0.15, -0.1) is 0 Å². The molecule has 20 heavy (non-hydrogen) atoms. The molecule has 0 atom stereocenters. The van der Waals surface area contributed by atoms with Crippen molar-refractivity contribution in [2.24, 2.45) is 5.92 Å². The minimum absolute atomic E-state index is 0.0183. The summed E-state index contributed by atoms with van der Waals surface area (Å²) in [7, 11) is -3.75. The fourth-order valence-corrected chi connectivity index (χ4v) is 4.41. The average Bonchev–Trinajstić information content (AvgIpc) is 3.14. The zero-order valence-corrected chi connectivity index (χ0v) is 13.0. The lowest BCUT2D eigenvalue weighted by molar-refractivity contribution is 0.360. The van der Waals surface area contributed by atoms with Crippen LogP contribution < -0.4 is 5.73 Å². The third-order valence-electron chi connectivity index (χ3n) is 3.14. The number of benzene rings is 1. The number of hydrogen-bond donors (Lipinski definition) is 1. The lowest BCUT2D eigenvalue weighted by atomic mass is 10.2. The van der Waals surface area contributed by atoms with Crippen molar-refractivity contribution in [3.63, 3.8) is 0 Å². The van der Waals surface area contributed by atoms with Gasteiger partial charge in [-0.3, -0.25) is 0 Å². The third-order valence-corrected chi connectivity index (χ3v) is 5.52. The lowest BCUT2D eigenvalue weighted by Crippen LogP contribution is -2.36. The van der Waals surface area contributed by atoms with Gasteiger partial charge in [0.25, 0.3) is 0 Å². The van der Waals surface area contributed by atoms with Gasteiger partial charge in [0.2, 0.25) is 10.0 Å².